The molecule has 20 heavy (non-hydrogen) atoms. The number of carbonyl (C=O) groups is 3. The number of imide groups is 1. The monoisotopic (exact) mass is 282 g/mol. The molecular weight excluding hydrogens is 271 g/mol. The van der Waals surface area contributed by atoms with Crippen molar-refractivity contribution in [2.24, 2.45) is 0 Å². The molecule has 8 heteroatoms. The van der Waals surface area contributed by atoms with Gasteiger partial charge in [0.1, 0.15) is 11.6 Å². The number of carboxylic acids is 1. The molecule has 0 aromatic heterocycles. The van der Waals surface area contributed by atoms with Crippen LogP contribution < -0.4 is 15.4 Å². The highest BCUT2D eigenvalue weighted by Gasteiger charge is 2.10. The molecule has 1 aromatic carbocycles. The lowest BCUT2D eigenvalue weighted by Crippen LogP contribution is -2.33. The summed E-state index contributed by atoms with van der Waals surface area (Å²) < 4.78 is 17.8. The van der Waals surface area contributed by atoms with Crippen LogP contribution in [0.2, 0.25) is 0 Å². The summed E-state index contributed by atoms with van der Waals surface area (Å²) in [7, 11) is 1.29. The Morgan fingerprint density at radius 1 is 1.30 bits per heavy atom. The summed E-state index contributed by atoms with van der Waals surface area (Å²) in [5, 5.41) is 12.4. The Morgan fingerprint density at radius 2 is 2.00 bits per heavy atom. The Bertz CT molecular complexity index is 571. The second-order valence-electron chi connectivity index (χ2n) is 3.46. The van der Waals surface area contributed by atoms with Crippen molar-refractivity contribution < 1.29 is 28.6 Å². The van der Waals surface area contributed by atoms with E-state index in [0.29, 0.717) is 12.2 Å². The molecule has 0 atom stereocenters. The van der Waals surface area contributed by atoms with Gasteiger partial charge in [0.2, 0.25) is 0 Å². The van der Waals surface area contributed by atoms with Crippen LogP contribution in [0, 0.1) is 5.82 Å². The van der Waals surface area contributed by atoms with E-state index in [4.69, 9.17) is 9.84 Å². The molecule has 0 spiro atoms. The van der Waals surface area contributed by atoms with Crippen LogP contribution in [0.25, 0.3) is 0 Å². The van der Waals surface area contributed by atoms with Gasteiger partial charge in [-0.05, 0) is 12.1 Å². The number of benzene rings is 1. The minimum absolute atomic E-state index is 0.0775. The van der Waals surface area contributed by atoms with Crippen molar-refractivity contribution in [2.45, 2.75) is 0 Å². The number of hydrogen-bond donors (Lipinski definition) is 3. The number of urea groups is 1. The molecule has 0 heterocycles. The Kier molecular flexibility index (Phi) is 5.21. The number of carbonyl (C=O) groups excluding carboxylic acids is 2. The van der Waals surface area contributed by atoms with Gasteiger partial charge in [-0.1, -0.05) is 0 Å². The van der Waals surface area contributed by atoms with E-state index in [-0.39, 0.29) is 11.4 Å². The second kappa shape index (κ2) is 6.88. The zero-order chi connectivity index (χ0) is 15.1. The highest BCUT2D eigenvalue weighted by atomic mass is 19.1. The maximum Gasteiger partial charge on any atom is 0.328 e. The molecule has 0 saturated carbocycles. The van der Waals surface area contributed by atoms with Crippen molar-refractivity contribution in [3.05, 3.63) is 36.2 Å². The lowest BCUT2D eigenvalue weighted by molar-refractivity contribution is -0.131. The number of halogens is 1. The van der Waals surface area contributed by atoms with Gasteiger partial charge in [0.05, 0.1) is 12.8 Å². The first-order chi connectivity index (χ1) is 9.42. The van der Waals surface area contributed by atoms with E-state index < -0.39 is 23.7 Å². The average molecular weight is 282 g/mol. The van der Waals surface area contributed by atoms with E-state index in [1.165, 1.54) is 13.2 Å². The summed E-state index contributed by atoms with van der Waals surface area (Å²) in [4.78, 5) is 32.8. The van der Waals surface area contributed by atoms with Gasteiger partial charge in [-0.15, -0.1) is 0 Å². The molecule has 0 fully saturated rings. The summed E-state index contributed by atoms with van der Waals surface area (Å²) in [6.45, 7) is 0. The molecule has 106 valence electrons. The highest BCUT2D eigenvalue weighted by Crippen LogP contribution is 2.24. The molecule has 3 amide bonds. The van der Waals surface area contributed by atoms with Crippen molar-refractivity contribution in [1.29, 1.82) is 0 Å². The van der Waals surface area contributed by atoms with Crippen molar-refractivity contribution in [3.63, 3.8) is 0 Å². The van der Waals surface area contributed by atoms with E-state index in [0.717, 1.165) is 12.1 Å². The Labute approximate surface area is 113 Å². The highest BCUT2D eigenvalue weighted by molar-refractivity contribution is 6.06. The van der Waals surface area contributed by atoms with E-state index in [1.54, 1.807) is 0 Å². The predicted octanol–water partition coefficient (Wildman–Crippen LogP) is 1.12. The average Bonchev–Trinajstić information content (AvgIpc) is 2.38. The van der Waals surface area contributed by atoms with Gasteiger partial charge in [0, 0.05) is 18.2 Å². The van der Waals surface area contributed by atoms with Gasteiger partial charge in [0.25, 0.3) is 5.91 Å². The molecule has 0 bridgehead atoms. The van der Waals surface area contributed by atoms with Crippen LogP contribution in [0.3, 0.4) is 0 Å². The normalized spacial score (nSPS) is 10.1. The zero-order valence-corrected chi connectivity index (χ0v) is 10.3. The van der Waals surface area contributed by atoms with E-state index in [9.17, 15) is 18.8 Å². The standard InChI is InChI=1S/C12H11FN2O5/c1-20-9-6-7(13)2-3-8(9)14-12(19)15-10(16)4-5-11(17)18/h2-6H,1H3,(H,17,18)(H2,14,15,16,19). The van der Waals surface area contributed by atoms with Crippen LogP contribution in [-0.4, -0.2) is 30.1 Å². The molecule has 1 rings (SSSR count). The number of rotatable bonds is 4. The van der Waals surface area contributed by atoms with Gasteiger partial charge in [-0.25, -0.2) is 14.0 Å². The smallest absolute Gasteiger partial charge is 0.328 e. The Morgan fingerprint density at radius 3 is 2.60 bits per heavy atom. The quantitative estimate of drug-likeness (QED) is 0.718. The lowest BCUT2D eigenvalue weighted by atomic mass is 10.3. The number of hydrogen-bond acceptors (Lipinski definition) is 4. The summed E-state index contributed by atoms with van der Waals surface area (Å²) in [6.07, 6.45) is 1.27. The van der Waals surface area contributed by atoms with Crippen molar-refractivity contribution >= 4 is 23.6 Å². The van der Waals surface area contributed by atoms with Crippen LogP contribution in [0.15, 0.2) is 30.4 Å². The maximum absolute atomic E-state index is 12.9. The topological polar surface area (TPSA) is 105 Å². The molecule has 1 aromatic rings. The number of methoxy groups -OCH3 is 1. The lowest BCUT2D eigenvalue weighted by Gasteiger charge is -2.09. The van der Waals surface area contributed by atoms with Crippen molar-refractivity contribution in [2.75, 3.05) is 12.4 Å². The largest absolute Gasteiger partial charge is 0.494 e. The first kappa shape index (κ1) is 15.2. The van der Waals surface area contributed by atoms with Crippen molar-refractivity contribution in [3.8, 4) is 5.75 Å². The molecule has 0 unspecified atom stereocenters. The van der Waals surface area contributed by atoms with Crippen LogP contribution in [-0.2, 0) is 9.59 Å². The zero-order valence-electron chi connectivity index (χ0n) is 10.3. The summed E-state index contributed by atoms with van der Waals surface area (Å²) in [5.41, 5.74) is 0.154. The first-order valence-corrected chi connectivity index (χ1v) is 5.29. The number of nitrogens with one attached hydrogen (secondary N) is 2. The first-order valence-electron chi connectivity index (χ1n) is 5.29. The van der Waals surface area contributed by atoms with Gasteiger partial charge < -0.3 is 15.2 Å². The fraction of sp³-hybridized carbons (Fsp3) is 0.0833. The van der Waals surface area contributed by atoms with Gasteiger partial charge >= 0.3 is 12.0 Å². The Hall–Kier alpha value is -2.90. The van der Waals surface area contributed by atoms with Gasteiger partial charge in [-0.3, -0.25) is 10.1 Å². The number of aliphatic carboxylic acids is 1. The van der Waals surface area contributed by atoms with E-state index in [2.05, 4.69) is 5.32 Å². The molecule has 0 saturated heterocycles. The molecule has 3 N–H and O–H groups in total. The van der Waals surface area contributed by atoms with Crippen LogP contribution in [0.5, 0.6) is 5.75 Å². The third-order valence-electron chi connectivity index (χ3n) is 2.03. The number of anilines is 1. The molecular formula is C12H11FN2O5. The van der Waals surface area contributed by atoms with Crippen molar-refractivity contribution in [1.82, 2.24) is 5.32 Å². The van der Waals surface area contributed by atoms with E-state index >= 15 is 0 Å². The third-order valence-corrected chi connectivity index (χ3v) is 2.03. The van der Waals surface area contributed by atoms with Gasteiger partial charge in [-0.2, -0.15) is 0 Å². The molecule has 7 nitrogen and oxygen atoms in total. The molecule has 0 aliphatic rings. The number of ether oxygens (including phenoxy) is 1. The fourth-order valence-corrected chi connectivity index (χ4v) is 1.22. The summed E-state index contributed by atoms with van der Waals surface area (Å²) in [5.74, 6) is -2.70. The molecule has 0 aliphatic carbocycles. The van der Waals surface area contributed by atoms with Crippen LogP contribution in [0.1, 0.15) is 0 Å². The number of amides is 3. The second-order valence-corrected chi connectivity index (χ2v) is 3.46. The minimum atomic E-state index is -1.32. The SMILES string of the molecule is COc1cc(F)ccc1NC(=O)NC(=O)C=CC(=O)O. The summed E-state index contributed by atoms with van der Waals surface area (Å²) >= 11 is 0. The fourth-order valence-electron chi connectivity index (χ4n) is 1.22. The summed E-state index contributed by atoms with van der Waals surface area (Å²) in [6, 6.07) is 2.51. The molecule has 0 aliphatic heterocycles. The van der Waals surface area contributed by atoms with E-state index in [1.807, 2.05) is 5.32 Å². The minimum Gasteiger partial charge on any atom is -0.494 e. The van der Waals surface area contributed by atoms with Gasteiger partial charge in [0.15, 0.2) is 0 Å². The maximum atomic E-state index is 12.9. The number of carboxylic acid groups (broad SMARTS) is 1. The van der Waals surface area contributed by atoms with Crippen LogP contribution >= 0.6 is 0 Å². The van der Waals surface area contributed by atoms with Crippen LogP contribution in [0.4, 0.5) is 14.9 Å². The molecule has 0 radical (unpaired) electrons. The predicted molar refractivity (Wildman–Crippen MR) is 66.9 cm³/mol. The Balaban J connectivity index is 2.67. The third kappa shape index (κ3) is 4.77.